The minimum atomic E-state index is 0. The summed E-state index contributed by atoms with van der Waals surface area (Å²) in [5.41, 5.74) is 1.96. The van der Waals surface area contributed by atoms with E-state index in [1.165, 1.54) is 0 Å². The number of benzene rings is 1. The smallest absolute Gasteiger partial charge is 0.191 e. The number of nitrogens with zero attached hydrogens (tertiary/aromatic N) is 2. The highest BCUT2D eigenvalue weighted by Gasteiger charge is 2.00. The van der Waals surface area contributed by atoms with E-state index in [-0.39, 0.29) is 24.0 Å². The van der Waals surface area contributed by atoms with Gasteiger partial charge in [0.15, 0.2) is 5.96 Å². The summed E-state index contributed by atoms with van der Waals surface area (Å²) < 4.78 is 9.93. The van der Waals surface area contributed by atoms with Crippen molar-refractivity contribution in [1.29, 1.82) is 0 Å². The molecule has 0 bridgehead atoms. The first-order valence-electron chi connectivity index (χ1n) is 6.86. The average Bonchev–Trinajstić information content (AvgIpc) is 3.04. The lowest BCUT2D eigenvalue weighted by Crippen LogP contribution is -2.36. The van der Waals surface area contributed by atoms with E-state index in [9.17, 15) is 0 Å². The summed E-state index contributed by atoms with van der Waals surface area (Å²) in [5.74, 6) is 1.59. The Bertz CT molecular complexity index is 555. The van der Waals surface area contributed by atoms with Crippen LogP contribution in [0.3, 0.4) is 0 Å². The van der Waals surface area contributed by atoms with Crippen LogP contribution >= 0.6 is 24.0 Å². The lowest BCUT2D eigenvalue weighted by Gasteiger charge is -2.10. The molecular formula is C15H21IN4O2. The first-order chi connectivity index (χ1) is 10.3. The van der Waals surface area contributed by atoms with Crippen LogP contribution in [0, 0.1) is 0 Å². The number of halogens is 1. The predicted octanol–water partition coefficient (Wildman–Crippen LogP) is 2.56. The minimum absolute atomic E-state index is 0. The molecule has 0 aliphatic heterocycles. The highest BCUT2D eigenvalue weighted by molar-refractivity contribution is 14.0. The molecule has 0 aliphatic carbocycles. The Morgan fingerprint density at radius 3 is 2.59 bits per heavy atom. The SMILES string of the molecule is CCNC(=NCc1ccc(OC)cc1)NCc1ccon1.I. The maximum Gasteiger partial charge on any atom is 0.191 e. The van der Waals surface area contributed by atoms with Gasteiger partial charge < -0.3 is 19.9 Å². The largest absolute Gasteiger partial charge is 0.497 e. The molecule has 0 radical (unpaired) electrons. The van der Waals surface area contributed by atoms with E-state index in [4.69, 9.17) is 9.26 Å². The third kappa shape index (κ3) is 5.92. The van der Waals surface area contributed by atoms with Crippen molar-refractivity contribution < 1.29 is 9.26 Å². The van der Waals surface area contributed by atoms with Crippen LogP contribution in [-0.4, -0.2) is 24.8 Å². The van der Waals surface area contributed by atoms with E-state index in [0.717, 1.165) is 29.5 Å². The van der Waals surface area contributed by atoms with Gasteiger partial charge in [0.1, 0.15) is 17.7 Å². The predicted molar refractivity (Wildman–Crippen MR) is 96.6 cm³/mol. The molecule has 0 saturated heterocycles. The molecule has 1 aromatic heterocycles. The lowest BCUT2D eigenvalue weighted by atomic mass is 10.2. The summed E-state index contributed by atoms with van der Waals surface area (Å²) in [5, 5.41) is 10.3. The lowest BCUT2D eigenvalue weighted by molar-refractivity contribution is 0.410. The summed E-state index contributed by atoms with van der Waals surface area (Å²) >= 11 is 0. The van der Waals surface area contributed by atoms with E-state index in [0.29, 0.717) is 13.1 Å². The number of ether oxygens (including phenoxy) is 1. The zero-order valence-electron chi connectivity index (χ0n) is 12.7. The standard InChI is InChI=1S/C15H20N4O2.HI/c1-3-16-15(18-11-13-8-9-21-19-13)17-10-12-4-6-14(20-2)7-5-12;/h4-9H,3,10-11H2,1-2H3,(H2,16,17,18);1H. The molecule has 0 amide bonds. The van der Waals surface area contributed by atoms with Gasteiger partial charge in [-0.1, -0.05) is 17.3 Å². The third-order valence-corrected chi connectivity index (χ3v) is 2.85. The molecule has 120 valence electrons. The summed E-state index contributed by atoms with van der Waals surface area (Å²) in [7, 11) is 1.66. The monoisotopic (exact) mass is 416 g/mol. The van der Waals surface area contributed by atoms with Crippen molar-refractivity contribution in [3.05, 3.63) is 47.9 Å². The molecule has 2 N–H and O–H groups in total. The van der Waals surface area contributed by atoms with Crippen molar-refractivity contribution in [3.63, 3.8) is 0 Å². The summed E-state index contributed by atoms with van der Waals surface area (Å²) in [6.07, 6.45) is 1.55. The summed E-state index contributed by atoms with van der Waals surface area (Å²) in [6, 6.07) is 9.69. The third-order valence-electron chi connectivity index (χ3n) is 2.85. The van der Waals surface area contributed by atoms with Crippen LogP contribution in [0.5, 0.6) is 5.75 Å². The van der Waals surface area contributed by atoms with Crippen LogP contribution in [0.15, 0.2) is 46.1 Å². The molecule has 22 heavy (non-hydrogen) atoms. The van der Waals surface area contributed by atoms with Crippen molar-refractivity contribution in [2.24, 2.45) is 4.99 Å². The molecule has 0 atom stereocenters. The average molecular weight is 416 g/mol. The van der Waals surface area contributed by atoms with Gasteiger partial charge in [0.2, 0.25) is 0 Å². The highest BCUT2D eigenvalue weighted by Crippen LogP contribution is 2.11. The number of methoxy groups -OCH3 is 1. The second-order valence-electron chi connectivity index (χ2n) is 4.39. The Hall–Kier alpha value is -1.77. The molecular weight excluding hydrogens is 395 g/mol. The van der Waals surface area contributed by atoms with Crippen LogP contribution in [0.2, 0.25) is 0 Å². The summed E-state index contributed by atoms with van der Waals surface area (Å²) in [6.45, 7) is 4.00. The minimum Gasteiger partial charge on any atom is -0.497 e. The van der Waals surface area contributed by atoms with E-state index in [1.54, 1.807) is 13.4 Å². The van der Waals surface area contributed by atoms with Gasteiger partial charge in [-0.2, -0.15) is 0 Å². The van der Waals surface area contributed by atoms with Crippen LogP contribution in [0.4, 0.5) is 0 Å². The number of nitrogens with one attached hydrogen (secondary N) is 2. The van der Waals surface area contributed by atoms with E-state index in [2.05, 4.69) is 20.8 Å². The molecule has 0 saturated carbocycles. The van der Waals surface area contributed by atoms with Gasteiger partial charge in [0.25, 0.3) is 0 Å². The van der Waals surface area contributed by atoms with Crippen LogP contribution in [0.25, 0.3) is 0 Å². The van der Waals surface area contributed by atoms with E-state index in [1.807, 2.05) is 37.3 Å². The molecule has 6 nitrogen and oxygen atoms in total. The van der Waals surface area contributed by atoms with E-state index < -0.39 is 0 Å². The van der Waals surface area contributed by atoms with Crippen molar-refractivity contribution in [1.82, 2.24) is 15.8 Å². The Kier molecular flexibility index (Phi) is 8.34. The molecule has 1 aromatic carbocycles. The number of aliphatic imine (C=N–C) groups is 1. The molecule has 0 fully saturated rings. The second kappa shape index (κ2) is 10.0. The first kappa shape index (κ1) is 18.3. The quantitative estimate of drug-likeness (QED) is 0.430. The van der Waals surface area contributed by atoms with Gasteiger partial charge in [-0.25, -0.2) is 4.99 Å². The number of hydrogen-bond acceptors (Lipinski definition) is 4. The molecule has 0 unspecified atom stereocenters. The van der Waals surface area contributed by atoms with Crippen LogP contribution < -0.4 is 15.4 Å². The summed E-state index contributed by atoms with van der Waals surface area (Å²) in [4.78, 5) is 4.53. The highest BCUT2D eigenvalue weighted by atomic mass is 127. The van der Waals surface area contributed by atoms with Crippen LogP contribution in [0.1, 0.15) is 18.2 Å². The second-order valence-corrected chi connectivity index (χ2v) is 4.39. The van der Waals surface area contributed by atoms with Crippen molar-refractivity contribution in [3.8, 4) is 5.75 Å². The number of guanidine groups is 1. The normalized spacial score (nSPS) is 10.7. The number of aromatic nitrogens is 1. The zero-order valence-corrected chi connectivity index (χ0v) is 15.0. The topological polar surface area (TPSA) is 71.7 Å². The Morgan fingerprint density at radius 2 is 2.00 bits per heavy atom. The van der Waals surface area contributed by atoms with Gasteiger partial charge >= 0.3 is 0 Å². The van der Waals surface area contributed by atoms with Crippen LogP contribution in [-0.2, 0) is 13.1 Å². The Balaban J connectivity index is 0.00000242. The molecule has 7 heteroatoms. The Labute approximate surface area is 147 Å². The van der Waals surface area contributed by atoms with Gasteiger partial charge in [0.05, 0.1) is 20.2 Å². The fourth-order valence-corrected chi connectivity index (χ4v) is 1.75. The fraction of sp³-hybridized carbons (Fsp3) is 0.333. The zero-order chi connectivity index (χ0) is 14.9. The first-order valence-corrected chi connectivity index (χ1v) is 6.86. The molecule has 1 heterocycles. The molecule has 0 aliphatic rings. The fourth-order valence-electron chi connectivity index (χ4n) is 1.75. The van der Waals surface area contributed by atoms with Gasteiger partial charge in [0, 0.05) is 12.6 Å². The van der Waals surface area contributed by atoms with Gasteiger partial charge in [-0.15, -0.1) is 24.0 Å². The number of rotatable bonds is 6. The van der Waals surface area contributed by atoms with Crippen molar-refractivity contribution in [2.45, 2.75) is 20.0 Å². The molecule has 2 aromatic rings. The molecule has 2 rings (SSSR count). The van der Waals surface area contributed by atoms with Crippen molar-refractivity contribution >= 4 is 29.9 Å². The van der Waals surface area contributed by atoms with Crippen molar-refractivity contribution in [2.75, 3.05) is 13.7 Å². The Morgan fingerprint density at radius 1 is 1.23 bits per heavy atom. The van der Waals surface area contributed by atoms with Gasteiger partial charge in [-0.3, -0.25) is 0 Å². The molecule has 0 spiro atoms. The van der Waals surface area contributed by atoms with Gasteiger partial charge in [-0.05, 0) is 24.6 Å². The maximum atomic E-state index is 5.14. The van der Waals surface area contributed by atoms with E-state index >= 15 is 0 Å². The maximum absolute atomic E-state index is 5.14. The number of hydrogen-bond donors (Lipinski definition) is 2.